The third-order valence-electron chi connectivity index (χ3n) is 15.8. The number of carboxylic acids is 1. The number of aliphatic hydroxyl groups excluding tert-OH is 2. The Morgan fingerprint density at radius 2 is 0.741 bits per heavy atom. The molecule has 0 saturated carbocycles. The van der Waals surface area contributed by atoms with Crippen molar-refractivity contribution in [3.05, 3.63) is 72.9 Å². The van der Waals surface area contributed by atoms with Crippen LogP contribution in [0.2, 0.25) is 0 Å². The fourth-order valence-corrected chi connectivity index (χ4v) is 10.5. The van der Waals surface area contributed by atoms with E-state index in [0.717, 1.165) is 141 Å². The summed E-state index contributed by atoms with van der Waals surface area (Å²) in [6.07, 6.45) is 65.6. The van der Waals surface area contributed by atoms with Crippen molar-refractivity contribution in [2.24, 2.45) is 0 Å². The fourth-order valence-electron chi connectivity index (χ4n) is 10.5. The quantitative estimate of drug-likeness (QED) is 0.0228. The molecule has 0 amide bonds. The first kappa shape index (κ1) is 79.2. The highest BCUT2D eigenvalue weighted by Gasteiger charge is 2.50. The van der Waals surface area contributed by atoms with Gasteiger partial charge >= 0.3 is 23.9 Å². The zero-order valence-electron chi connectivity index (χ0n) is 54.3. The van der Waals surface area contributed by atoms with E-state index >= 15 is 0 Å². The number of aliphatic carboxylic acids is 1. The number of esters is 3. The van der Waals surface area contributed by atoms with Gasteiger partial charge in [-0.25, -0.2) is 4.79 Å². The van der Waals surface area contributed by atoms with E-state index in [1.807, 2.05) is 0 Å². The van der Waals surface area contributed by atoms with Crippen molar-refractivity contribution >= 4 is 23.9 Å². The van der Waals surface area contributed by atoms with E-state index < -0.39 is 67.3 Å². The van der Waals surface area contributed by atoms with E-state index in [2.05, 4.69) is 93.7 Å². The van der Waals surface area contributed by atoms with Crippen molar-refractivity contribution in [1.29, 1.82) is 0 Å². The predicted octanol–water partition coefficient (Wildman–Crippen LogP) is 19.2. The number of rotatable bonds is 60. The molecule has 3 N–H and O–H groups in total. The third kappa shape index (κ3) is 49.8. The van der Waals surface area contributed by atoms with Gasteiger partial charge in [-0.05, 0) is 89.9 Å². The van der Waals surface area contributed by atoms with Crippen LogP contribution in [0.1, 0.15) is 316 Å². The lowest BCUT2D eigenvalue weighted by atomic mass is 9.98. The zero-order chi connectivity index (χ0) is 61.7. The lowest BCUT2D eigenvalue weighted by Crippen LogP contribution is -2.61. The van der Waals surface area contributed by atoms with Crippen molar-refractivity contribution in [3.8, 4) is 0 Å². The summed E-state index contributed by atoms with van der Waals surface area (Å²) in [5, 5.41) is 31.7. The molecular weight excluding hydrogens is 1070 g/mol. The van der Waals surface area contributed by atoms with Gasteiger partial charge < -0.3 is 39.0 Å². The second-order valence-corrected chi connectivity index (χ2v) is 23.8. The van der Waals surface area contributed by atoms with E-state index in [4.69, 9.17) is 23.7 Å². The predicted molar refractivity (Wildman–Crippen MR) is 349 cm³/mol. The van der Waals surface area contributed by atoms with Crippen LogP contribution in [0.4, 0.5) is 0 Å². The molecule has 1 saturated heterocycles. The molecule has 1 fully saturated rings. The van der Waals surface area contributed by atoms with Gasteiger partial charge in [0.15, 0.2) is 24.6 Å². The minimum absolute atomic E-state index is 0.0502. The summed E-state index contributed by atoms with van der Waals surface area (Å²) in [6.45, 7) is 5.90. The molecule has 85 heavy (non-hydrogen) atoms. The maximum Gasteiger partial charge on any atom is 0.335 e. The SMILES string of the molecule is CC/C=C\C/C=C\C/C=C\C/C=C\CCCCCCCCC(=O)OCC(COC1OC(C(=O)O)C(O)C(O)C1OC(=O)CCCCCCCCC/C=C\C/C=C\CCCCC)OC(=O)CCCCCCCCCCCCCCCCCCCCC. The molecule has 1 rings (SSSR count). The molecular formula is C73H126O12. The minimum Gasteiger partial charge on any atom is -0.479 e. The monoisotopic (exact) mass is 1190 g/mol. The van der Waals surface area contributed by atoms with Gasteiger partial charge in [0.05, 0.1) is 6.61 Å². The number of carboxylic acid groups (broad SMARTS) is 1. The molecule has 1 aliphatic heterocycles. The Morgan fingerprint density at radius 1 is 0.400 bits per heavy atom. The lowest BCUT2D eigenvalue weighted by molar-refractivity contribution is -0.301. The summed E-state index contributed by atoms with van der Waals surface area (Å²) in [4.78, 5) is 51.5. The van der Waals surface area contributed by atoms with Gasteiger partial charge in [0.1, 0.15) is 18.8 Å². The van der Waals surface area contributed by atoms with Crippen LogP contribution in [-0.4, -0.2) is 89.2 Å². The van der Waals surface area contributed by atoms with E-state index in [-0.39, 0.29) is 25.9 Å². The molecule has 0 aliphatic carbocycles. The Bertz CT molecular complexity index is 1750. The van der Waals surface area contributed by atoms with Crippen LogP contribution in [0.3, 0.4) is 0 Å². The van der Waals surface area contributed by atoms with Crippen molar-refractivity contribution in [2.75, 3.05) is 13.2 Å². The second-order valence-electron chi connectivity index (χ2n) is 23.8. The molecule has 0 bridgehead atoms. The summed E-state index contributed by atoms with van der Waals surface area (Å²) >= 11 is 0. The van der Waals surface area contributed by atoms with Crippen LogP contribution in [0.15, 0.2) is 72.9 Å². The number of hydrogen-bond donors (Lipinski definition) is 3. The van der Waals surface area contributed by atoms with E-state index in [1.54, 1.807) is 0 Å². The van der Waals surface area contributed by atoms with E-state index in [1.165, 1.54) is 116 Å². The van der Waals surface area contributed by atoms with Crippen LogP contribution in [0.5, 0.6) is 0 Å². The van der Waals surface area contributed by atoms with E-state index in [9.17, 15) is 34.5 Å². The van der Waals surface area contributed by atoms with Crippen LogP contribution >= 0.6 is 0 Å². The standard InChI is InChI=1S/C73H126O12/c1-4-7-10-13-16-19-22-25-28-31-33-36-38-41-44-47-50-53-56-59-65(74)81-62-64(83-66(75)60-57-54-51-48-45-42-40-37-34-32-29-26-23-20-17-14-11-8-5-2)63-82-73-71(69(78)68(77)70(85-73)72(79)80)84-67(76)61-58-55-52-49-46-43-39-35-30-27-24-21-18-15-12-9-6-3/h7,10,16,18-19,21,25,27-28,30,33,36,64,68-71,73,77-78H,4-6,8-9,11-15,17,20,22-24,26,29,31-32,34-35,37-63H2,1-3H3,(H,79,80)/b10-7-,19-16-,21-18-,28-25-,30-27-,36-33-. The molecule has 1 heterocycles. The molecule has 490 valence electrons. The zero-order valence-corrected chi connectivity index (χ0v) is 54.3. The highest BCUT2D eigenvalue weighted by Crippen LogP contribution is 2.27. The first-order chi connectivity index (χ1) is 41.6. The number of hydrogen-bond acceptors (Lipinski definition) is 11. The lowest BCUT2D eigenvalue weighted by Gasteiger charge is -2.40. The number of carbonyl (C=O) groups excluding carboxylic acids is 3. The number of carbonyl (C=O) groups is 4. The molecule has 6 atom stereocenters. The van der Waals surface area contributed by atoms with Crippen LogP contribution in [-0.2, 0) is 42.9 Å². The van der Waals surface area contributed by atoms with Crippen molar-refractivity contribution in [2.45, 2.75) is 353 Å². The Balaban J connectivity index is 2.64. The molecule has 0 spiro atoms. The van der Waals surface area contributed by atoms with E-state index in [0.29, 0.717) is 19.3 Å². The summed E-state index contributed by atoms with van der Waals surface area (Å²) < 4.78 is 28.6. The normalized spacial score (nSPS) is 17.9. The molecule has 0 aromatic heterocycles. The van der Waals surface area contributed by atoms with Crippen LogP contribution in [0.25, 0.3) is 0 Å². The molecule has 0 radical (unpaired) electrons. The minimum atomic E-state index is -1.91. The molecule has 0 aromatic rings. The maximum atomic E-state index is 13.2. The summed E-state index contributed by atoms with van der Waals surface area (Å²) in [6, 6.07) is 0. The Hall–Kier alpha value is -3.84. The smallest absolute Gasteiger partial charge is 0.335 e. The average molecular weight is 1200 g/mol. The van der Waals surface area contributed by atoms with Gasteiger partial charge in [0.25, 0.3) is 0 Å². The van der Waals surface area contributed by atoms with Gasteiger partial charge in [-0.3, -0.25) is 14.4 Å². The number of ether oxygens (including phenoxy) is 5. The van der Waals surface area contributed by atoms with Crippen LogP contribution < -0.4 is 0 Å². The number of allylic oxidation sites excluding steroid dienone is 12. The van der Waals surface area contributed by atoms with Crippen molar-refractivity contribution in [3.63, 3.8) is 0 Å². The average Bonchev–Trinajstić information content (AvgIpc) is 3.46. The van der Waals surface area contributed by atoms with Gasteiger partial charge in [0, 0.05) is 19.3 Å². The first-order valence-corrected chi connectivity index (χ1v) is 34.9. The Labute approximate surface area is 518 Å². The molecule has 6 unspecified atom stereocenters. The van der Waals surface area contributed by atoms with Crippen molar-refractivity contribution in [1.82, 2.24) is 0 Å². The first-order valence-electron chi connectivity index (χ1n) is 34.9. The summed E-state index contributed by atoms with van der Waals surface area (Å²) in [5.74, 6) is -3.12. The molecule has 12 heteroatoms. The van der Waals surface area contributed by atoms with Gasteiger partial charge in [-0.1, -0.05) is 280 Å². The maximum absolute atomic E-state index is 13.2. The molecule has 0 aromatic carbocycles. The largest absolute Gasteiger partial charge is 0.479 e. The van der Waals surface area contributed by atoms with Gasteiger partial charge in [-0.15, -0.1) is 0 Å². The van der Waals surface area contributed by atoms with Crippen LogP contribution in [0, 0.1) is 0 Å². The molecule has 1 aliphatic rings. The van der Waals surface area contributed by atoms with Gasteiger partial charge in [0.2, 0.25) is 0 Å². The number of aliphatic hydroxyl groups is 2. The number of unbranched alkanes of at least 4 members (excludes halogenated alkanes) is 34. The Morgan fingerprint density at radius 3 is 1.15 bits per heavy atom. The fraction of sp³-hybridized carbons (Fsp3) is 0.781. The van der Waals surface area contributed by atoms with Gasteiger partial charge in [-0.2, -0.15) is 0 Å². The van der Waals surface area contributed by atoms with Crippen molar-refractivity contribution < 1.29 is 58.2 Å². The second kappa shape index (κ2) is 60.4. The molecule has 12 nitrogen and oxygen atoms in total. The highest BCUT2D eigenvalue weighted by molar-refractivity contribution is 5.74. The highest BCUT2D eigenvalue weighted by atomic mass is 16.7. The summed E-state index contributed by atoms with van der Waals surface area (Å²) in [7, 11) is 0. The Kier molecular flexibility index (Phi) is 56.3. The topological polar surface area (TPSA) is 175 Å². The summed E-state index contributed by atoms with van der Waals surface area (Å²) in [5.41, 5.74) is 0. The third-order valence-corrected chi connectivity index (χ3v) is 15.8.